The van der Waals surface area contributed by atoms with Crippen molar-refractivity contribution in [3.05, 3.63) is 54.0 Å². The number of hydrogen-bond donors (Lipinski definition) is 2. The Labute approximate surface area is 168 Å². The number of alkyl halides is 4. The van der Waals surface area contributed by atoms with Gasteiger partial charge in [0, 0.05) is 23.3 Å². The van der Waals surface area contributed by atoms with Crippen molar-refractivity contribution in [2.75, 3.05) is 5.32 Å². The second kappa shape index (κ2) is 7.32. The van der Waals surface area contributed by atoms with E-state index in [9.17, 15) is 27.5 Å². The molecule has 1 aliphatic rings. The number of fused-ring (bicyclic) bond motifs is 1. The fraction of sp³-hybridized carbons (Fsp3) is 0.286. The molecule has 0 spiro atoms. The summed E-state index contributed by atoms with van der Waals surface area (Å²) in [6.07, 6.45) is -5.76. The molecule has 0 radical (unpaired) electrons. The summed E-state index contributed by atoms with van der Waals surface area (Å²) in [4.78, 5) is 19.8. The summed E-state index contributed by atoms with van der Waals surface area (Å²) in [6, 6.07) is 8.10. The van der Waals surface area contributed by atoms with Crippen LogP contribution >= 0.6 is 0 Å². The van der Waals surface area contributed by atoms with E-state index in [0.29, 0.717) is 21.9 Å². The number of carbonyl (C=O) groups is 1. The highest BCUT2D eigenvalue weighted by Crippen LogP contribution is 2.39. The van der Waals surface area contributed by atoms with E-state index in [1.54, 1.807) is 37.3 Å². The molecule has 2 heterocycles. The number of anilines is 1. The van der Waals surface area contributed by atoms with E-state index in [1.807, 2.05) is 0 Å². The number of aryl methyl sites for hydroxylation is 1. The van der Waals surface area contributed by atoms with Crippen molar-refractivity contribution in [1.29, 1.82) is 0 Å². The summed E-state index contributed by atoms with van der Waals surface area (Å²) in [5.41, 5.74) is 0.709. The maximum absolute atomic E-state index is 13.1. The first-order chi connectivity index (χ1) is 14.1. The number of hydrogen-bond acceptors (Lipinski definition) is 4. The number of aromatic nitrogens is 2. The number of pyridine rings is 2. The van der Waals surface area contributed by atoms with E-state index in [0.717, 1.165) is 0 Å². The Morgan fingerprint density at radius 3 is 2.60 bits per heavy atom. The predicted octanol–water partition coefficient (Wildman–Crippen LogP) is 4.50. The molecule has 1 aromatic carbocycles. The van der Waals surface area contributed by atoms with E-state index in [2.05, 4.69) is 15.3 Å². The van der Waals surface area contributed by atoms with Crippen LogP contribution in [0, 0.1) is 12.8 Å². The average Bonchev–Trinajstić information content (AvgIpc) is 3.43. The zero-order chi connectivity index (χ0) is 21.6. The second-order valence-corrected chi connectivity index (χ2v) is 7.31. The van der Waals surface area contributed by atoms with Gasteiger partial charge in [-0.1, -0.05) is 12.1 Å². The Morgan fingerprint density at radius 1 is 1.20 bits per heavy atom. The molecule has 1 unspecified atom stereocenters. The minimum atomic E-state index is -4.85. The summed E-state index contributed by atoms with van der Waals surface area (Å²) >= 11 is 0. The molecule has 9 heteroatoms. The largest absolute Gasteiger partial charge is 0.420 e. The lowest BCUT2D eigenvalue weighted by molar-refractivity contribution is -0.207. The van der Waals surface area contributed by atoms with Gasteiger partial charge in [-0.15, -0.1) is 0 Å². The SMILES string of the molecule is Cc1ccnc(C(O)C(F)(F)F)c1-c1ccc2cc(NC(=O)[C@@H]3C[C@@H]3F)ncc2c1. The zero-order valence-electron chi connectivity index (χ0n) is 15.7. The number of halogens is 4. The third kappa shape index (κ3) is 3.85. The van der Waals surface area contributed by atoms with Gasteiger partial charge < -0.3 is 10.4 Å². The van der Waals surface area contributed by atoms with Crippen molar-refractivity contribution < 1.29 is 27.5 Å². The lowest BCUT2D eigenvalue weighted by atomic mass is 9.95. The van der Waals surface area contributed by atoms with Crippen molar-refractivity contribution in [2.24, 2.45) is 5.92 Å². The quantitative estimate of drug-likeness (QED) is 0.611. The van der Waals surface area contributed by atoms with Crippen molar-refractivity contribution >= 4 is 22.5 Å². The molecule has 30 heavy (non-hydrogen) atoms. The maximum Gasteiger partial charge on any atom is 0.420 e. The van der Waals surface area contributed by atoms with Gasteiger partial charge in [0.2, 0.25) is 5.91 Å². The predicted molar refractivity (Wildman–Crippen MR) is 102 cm³/mol. The molecule has 2 aromatic heterocycles. The molecular weight excluding hydrogens is 402 g/mol. The van der Waals surface area contributed by atoms with Gasteiger partial charge in [0.1, 0.15) is 12.0 Å². The highest BCUT2D eigenvalue weighted by molar-refractivity contribution is 5.96. The van der Waals surface area contributed by atoms with Gasteiger partial charge in [-0.25, -0.2) is 9.37 Å². The molecule has 2 N–H and O–H groups in total. The lowest BCUT2D eigenvalue weighted by Gasteiger charge is -2.19. The standard InChI is InChI=1S/C21H17F4N3O2/c1-10-4-5-26-18(19(29)21(23,24)25)17(10)12-3-2-11-7-16(27-9-13(11)6-12)28-20(30)14-8-15(14)22/h2-7,9,14-15,19,29H,8H2,1H3,(H,27,28,30)/t14-,15+,19?/m1/s1. The molecule has 156 valence electrons. The number of amides is 1. The Hall–Kier alpha value is -3.07. The van der Waals surface area contributed by atoms with E-state index in [4.69, 9.17) is 0 Å². The number of carbonyl (C=O) groups excluding carboxylic acids is 1. The van der Waals surface area contributed by atoms with Gasteiger partial charge in [-0.2, -0.15) is 13.2 Å². The van der Waals surface area contributed by atoms with Gasteiger partial charge in [0.05, 0.1) is 11.6 Å². The normalized spacial score (nSPS) is 19.5. The molecular formula is C21H17F4N3O2. The third-order valence-corrected chi connectivity index (χ3v) is 5.07. The van der Waals surface area contributed by atoms with E-state index >= 15 is 0 Å². The first kappa shape index (κ1) is 20.2. The minimum absolute atomic E-state index is 0.198. The van der Waals surface area contributed by atoms with Crippen molar-refractivity contribution in [3.63, 3.8) is 0 Å². The van der Waals surface area contributed by atoms with Crippen LogP contribution in [0.3, 0.4) is 0 Å². The molecule has 3 atom stereocenters. The van der Waals surface area contributed by atoms with Crippen LogP contribution in [-0.2, 0) is 4.79 Å². The number of nitrogens with one attached hydrogen (secondary N) is 1. The first-order valence-corrected chi connectivity index (χ1v) is 9.20. The van der Waals surface area contributed by atoms with Crippen LogP contribution in [-0.4, -0.2) is 33.3 Å². The molecule has 5 nitrogen and oxygen atoms in total. The fourth-order valence-electron chi connectivity index (χ4n) is 3.34. The highest BCUT2D eigenvalue weighted by atomic mass is 19.4. The van der Waals surface area contributed by atoms with Crippen LogP contribution in [0.1, 0.15) is 23.8 Å². The molecule has 1 aliphatic carbocycles. The van der Waals surface area contributed by atoms with Crippen molar-refractivity contribution in [1.82, 2.24) is 9.97 Å². The van der Waals surface area contributed by atoms with Gasteiger partial charge in [0.25, 0.3) is 0 Å². The number of aliphatic hydroxyl groups is 1. The Bertz CT molecular complexity index is 1130. The van der Waals surface area contributed by atoms with E-state index in [1.165, 1.54) is 12.4 Å². The number of nitrogens with zero attached hydrogens (tertiary/aromatic N) is 2. The van der Waals surface area contributed by atoms with Crippen LogP contribution in [0.2, 0.25) is 0 Å². The Kier molecular flexibility index (Phi) is 4.93. The van der Waals surface area contributed by atoms with E-state index in [-0.39, 0.29) is 17.8 Å². The van der Waals surface area contributed by atoms with Crippen LogP contribution in [0.5, 0.6) is 0 Å². The Balaban J connectivity index is 1.69. The number of rotatable bonds is 4. The summed E-state index contributed by atoms with van der Waals surface area (Å²) < 4.78 is 52.3. The van der Waals surface area contributed by atoms with Crippen molar-refractivity contribution in [2.45, 2.75) is 31.8 Å². The summed E-state index contributed by atoms with van der Waals surface area (Å²) in [7, 11) is 0. The average molecular weight is 419 g/mol. The number of aliphatic hydroxyl groups excluding tert-OH is 1. The second-order valence-electron chi connectivity index (χ2n) is 7.31. The van der Waals surface area contributed by atoms with E-state index < -0.39 is 36.0 Å². The summed E-state index contributed by atoms with van der Waals surface area (Å²) in [5.74, 6) is -0.801. The molecule has 4 rings (SSSR count). The molecule has 0 bridgehead atoms. The van der Waals surface area contributed by atoms with Crippen LogP contribution in [0.25, 0.3) is 21.9 Å². The van der Waals surface area contributed by atoms with Crippen LogP contribution in [0.4, 0.5) is 23.4 Å². The van der Waals surface area contributed by atoms with Gasteiger partial charge in [0.15, 0.2) is 6.10 Å². The molecule has 3 aromatic rings. The minimum Gasteiger partial charge on any atom is -0.378 e. The summed E-state index contributed by atoms with van der Waals surface area (Å²) in [6.45, 7) is 1.64. The van der Waals surface area contributed by atoms with Gasteiger partial charge in [-0.3, -0.25) is 9.78 Å². The number of benzene rings is 1. The molecule has 1 amide bonds. The monoisotopic (exact) mass is 419 g/mol. The molecule has 1 saturated carbocycles. The fourth-order valence-corrected chi connectivity index (χ4v) is 3.34. The topological polar surface area (TPSA) is 75.1 Å². The highest BCUT2D eigenvalue weighted by Gasteiger charge is 2.44. The van der Waals surface area contributed by atoms with Crippen LogP contribution < -0.4 is 5.32 Å². The van der Waals surface area contributed by atoms with Gasteiger partial charge >= 0.3 is 6.18 Å². The van der Waals surface area contributed by atoms with Crippen molar-refractivity contribution in [3.8, 4) is 11.1 Å². The summed E-state index contributed by atoms with van der Waals surface area (Å²) in [5, 5.41) is 13.6. The third-order valence-electron chi connectivity index (χ3n) is 5.07. The maximum atomic E-state index is 13.1. The smallest absolute Gasteiger partial charge is 0.378 e. The zero-order valence-corrected chi connectivity index (χ0v) is 15.7. The van der Waals surface area contributed by atoms with Gasteiger partial charge in [-0.05, 0) is 48.1 Å². The first-order valence-electron chi connectivity index (χ1n) is 9.20. The molecule has 1 fully saturated rings. The van der Waals surface area contributed by atoms with Crippen LogP contribution in [0.15, 0.2) is 42.7 Å². The molecule has 0 aliphatic heterocycles. The molecule has 0 saturated heterocycles. The Morgan fingerprint density at radius 2 is 1.93 bits per heavy atom. The lowest BCUT2D eigenvalue weighted by Crippen LogP contribution is -2.22.